The van der Waals surface area contributed by atoms with Crippen LogP contribution in [0.15, 0.2) is 24.3 Å². The Morgan fingerprint density at radius 1 is 1.17 bits per heavy atom. The Kier molecular flexibility index (Phi) is 6.10. The maximum absolute atomic E-state index is 12.4. The average Bonchev–Trinajstić information content (AvgIpc) is 2.56. The van der Waals surface area contributed by atoms with Gasteiger partial charge in [-0.3, -0.25) is 4.79 Å². The van der Waals surface area contributed by atoms with Crippen LogP contribution in [-0.4, -0.2) is 60.7 Å². The molecule has 2 rings (SSSR count). The predicted molar refractivity (Wildman–Crippen MR) is 86.7 cm³/mol. The van der Waals surface area contributed by atoms with Gasteiger partial charge in [0, 0.05) is 26.2 Å². The molecule has 0 aromatic heterocycles. The summed E-state index contributed by atoms with van der Waals surface area (Å²) in [5, 5.41) is 0.472. The first-order valence-corrected chi connectivity index (χ1v) is 8.02. The van der Waals surface area contributed by atoms with Crippen LogP contribution in [0.3, 0.4) is 0 Å². The second-order valence-corrected chi connectivity index (χ2v) is 5.61. The predicted octanol–water partition coefficient (Wildman–Crippen LogP) is 2.41. The largest absolute Gasteiger partial charge is 0.479 e. The highest BCUT2D eigenvalue weighted by molar-refractivity contribution is 6.32. The van der Waals surface area contributed by atoms with Crippen LogP contribution in [0.4, 0.5) is 4.79 Å². The Morgan fingerprint density at radius 2 is 1.78 bits per heavy atom. The van der Waals surface area contributed by atoms with E-state index in [1.54, 1.807) is 47.9 Å². The Bertz CT molecular complexity index is 559. The molecule has 6 nitrogen and oxygen atoms in total. The van der Waals surface area contributed by atoms with Gasteiger partial charge in [0.05, 0.1) is 11.6 Å². The SMILES string of the molecule is CCOC(=O)N1CCN(C(=O)C(C)Oc2ccccc2Cl)CC1. The number of halogens is 1. The van der Waals surface area contributed by atoms with Gasteiger partial charge < -0.3 is 19.3 Å². The molecule has 1 unspecified atom stereocenters. The van der Waals surface area contributed by atoms with E-state index in [0.29, 0.717) is 43.6 Å². The van der Waals surface area contributed by atoms with Gasteiger partial charge in [0.15, 0.2) is 6.10 Å². The topological polar surface area (TPSA) is 59.1 Å². The summed E-state index contributed by atoms with van der Waals surface area (Å²) >= 11 is 6.03. The summed E-state index contributed by atoms with van der Waals surface area (Å²) in [7, 11) is 0. The molecule has 1 heterocycles. The highest BCUT2D eigenvalue weighted by Gasteiger charge is 2.28. The Balaban J connectivity index is 1.87. The number of carbonyl (C=O) groups is 2. The maximum Gasteiger partial charge on any atom is 0.409 e. The Labute approximate surface area is 140 Å². The number of rotatable bonds is 4. The summed E-state index contributed by atoms with van der Waals surface area (Å²) < 4.78 is 10.6. The van der Waals surface area contributed by atoms with E-state index in [1.165, 1.54) is 0 Å². The third-order valence-corrected chi connectivity index (χ3v) is 3.92. The molecule has 7 heteroatoms. The molecule has 0 bridgehead atoms. The van der Waals surface area contributed by atoms with Crippen LogP contribution in [-0.2, 0) is 9.53 Å². The van der Waals surface area contributed by atoms with Gasteiger partial charge in [0.1, 0.15) is 5.75 Å². The summed E-state index contributed by atoms with van der Waals surface area (Å²) in [5.41, 5.74) is 0. The van der Waals surface area contributed by atoms with Crippen LogP contribution in [0.25, 0.3) is 0 Å². The van der Waals surface area contributed by atoms with Gasteiger partial charge in [-0.15, -0.1) is 0 Å². The molecular formula is C16H21ClN2O4. The molecule has 1 atom stereocenters. The summed E-state index contributed by atoms with van der Waals surface area (Å²) in [6.45, 7) is 5.67. The van der Waals surface area contributed by atoms with E-state index in [4.69, 9.17) is 21.1 Å². The molecule has 1 saturated heterocycles. The van der Waals surface area contributed by atoms with Crippen molar-refractivity contribution in [3.05, 3.63) is 29.3 Å². The van der Waals surface area contributed by atoms with E-state index >= 15 is 0 Å². The standard InChI is InChI=1S/C16H21ClN2O4/c1-3-22-16(21)19-10-8-18(9-11-19)15(20)12(2)23-14-7-5-4-6-13(14)17/h4-7,12H,3,8-11H2,1-2H3. The number of amides is 2. The fourth-order valence-corrected chi connectivity index (χ4v) is 2.54. The molecule has 1 fully saturated rings. The van der Waals surface area contributed by atoms with Crippen molar-refractivity contribution in [2.45, 2.75) is 20.0 Å². The quantitative estimate of drug-likeness (QED) is 0.844. The average molecular weight is 341 g/mol. The smallest absolute Gasteiger partial charge is 0.409 e. The lowest BCUT2D eigenvalue weighted by Gasteiger charge is -2.35. The molecule has 0 aliphatic carbocycles. The first kappa shape index (κ1) is 17.4. The number of para-hydroxylation sites is 1. The van der Waals surface area contributed by atoms with Crippen LogP contribution in [0.2, 0.25) is 5.02 Å². The van der Waals surface area contributed by atoms with E-state index in [1.807, 2.05) is 0 Å². The van der Waals surface area contributed by atoms with Crippen molar-refractivity contribution in [3.63, 3.8) is 0 Å². The van der Waals surface area contributed by atoms with Crippen LogP contribution in [0, 0.1) is 0 Å². The molecule has 1 aliphatic heterocycles. The highest BCUT2D eigenvalue weighted by atomic mass is 35.5. The van der Waals surface area contributed by atoms with Gasteiger partial charge in [-0.1, -0.05) is 23.7 Å². The molecule has 1 aromatic rings. The van der Waals surface area contributed by atoms with Gasteiger partial charge in [-0.2, -0.15) is 0 Å². The first-order valence-electron chi connectivity index (χ1n) is 7.64. The van der Waals surface area contributed by atoms with Crippen molar-refractivity contribution >= 4 is 23.6 Å². The third-order valence-electron chi connectivity index (χ3n) is 3.61. The minimum Gasteiger partial charge on any atom is -0.479 e. The second-order valence-electron chi connectivity index (χ2n) is 5.20. The van der Waals surface area contributed by atoms with Crippen LogP contribution < -0.4 is 4.74 Å². The lowest BCUT2D eigenvalue weighted by molar-refractivity contribution is -0.139. The molecular weight excluding hydrogens is 320 g/mol. The second kappa shape index (κ2) is 8.06. The number of carbonyl (C=O) groups excluding carboxylic acids is 2. The van der Waals surface area contributed by atoms with E-state index in [-0.39, 0.29) is 12.0 Å². The third kappa shape index (κ3) is 4.51. The molecule has 23 heavy (non-hydrogen) atoms. The Morgan fingerprint density at radius 3 is 2.39 bits per heavy atom. The van der Waals surface area contributed by atoms with E-state index in [9.17, 15) is 9.59 Å². The van der Waals surface area contributed by atoms with Gasteiger partial charge in [-0.25, -0.2) is 4.79 Å². The molecule has 0 N–H and O–H groups in total. The number of hydrogen-bond acceptors (Lipinski definition) is 4. The molecule has 0 radical (unpaired) electrons. The summed E-state index contributed by atoms with van der Waals surface area (Å²) in [6.07, 6.45) is -0.969. The summed E-state index contributed by atoms with van der Waals surface area (Å²) in [6, 6.07) is 7.05. The zero-order valence-corrected chi connectivity index (χ0v) is 14.1. The lowest BCUT2D eigenvalue weighted by Crippen LogP contribution is -2.53. The fourth-order valence-electron chi connectivity index (χ4n) is 2.36. The van der Waals surface area contributed by atoms with Crippen LogP contribution >= 0.6 is 11.6 Å². The van der Waals surface area contributed by atoms with Crippen LogP contribution in [0.5, 0.6) is 5.75 Å². The maximum atomic E-state index is 12.4. The van der Waals surface area contributed by atoms with Crippen molar-refractivity contribution < 1.29 is 19.1 Å². The zero-order chi connectivity index (χ0) is 16.8. The highest BCUT2D eigenvalue weighted by Crippen LogP contribution is 2.24. The normalized spacial score (nSPS) is 16.0. The minimum atomic E-state index is -0.635. The van der Waals surface area contributed by atoms with E-state index < -0.39 is 6.10 Å². The zero-order valence-electron chi connectivity index (χ0n) is 13.3. The van der Waals surface area contributed by atoms with Crippen molar-refractivity contribution in [2.24, 2.45) is 0 Å². The summed E-state index contributed by atoms with van der Waals surface area (Å²) in [5.74, 6) is 0.369. The number of benzene rings is 1. The van der Waals surface area contributed by atoms with Gasteiger partial charge in [-0.05, 0) is 26.0 Å². The molecule has 1 aliphatic rings. The number of nitrogens with zero attached hydrogens (tertiary/aromatic N) is 2. The number of piperazine rings is 1. The van der Waals surface area contributed by atoms with Crippen molar-refractivity contribution in [3.8, 4) is 5.75 Å². The monoisotopic (exact) mass is 340 g/mol. The van der Waals surface area contributed by atoms with E-state index in [2.05, 4.69) is 0 Å². The minimum absolute atomic E-state index is 0.117. The number of ether oxygens (including phenoxy) is 2. The van der Waals surface area contributed by atoms with Gasteiger partial charge in [0.2, 0.25) is 0 Å². The van der Waals surface area contributed by atoms with Crippen molar-refractivity contribution in [1.29, 1.82) is 0 Å². The van der Waals surface area contributed by atoms with Crippen molar-refractivity contribution in [2.75, 3.05) is 32.8 Å². The first-order chi connectivity index (χ1) is 11.0. The molecule has 1 aromatic carbocycles. The molecule has 126 valence electrons. The fraction of sp³-hybridized carbons (Fsp3) is 0.500. The Hall–Kier alpha value is -1.95. The van der Waals surface area contributed by atoms with Crippen LogP contribution in [0.1, 0.15) is 13.8 Å². The summed E-state index contributed by atoms with van der Waals surface area (Å²) in [4.78, 5) is 27.4. The van der Waals surface area contributed by atoms with Gasteiger partial charge >= 0.3 is 6.09 Å². The number of hydrogen-bond donors (Lipinski definition) is 0. The molecule has 0 spiro atoms. The molecule has 0 saturated carbocycles. The van der Waals surface area contributed by atoms with Gasteiger partial charge in [0.25, 0.3) is 5.91 Å². The molecule has 2 amide bonds. The lowest BCUT2D eigenvalue weighted by atomic mass is 10.2. The van der Waals surface area contributed by atoms with Crippen molar-refractivity contribution in [1.82, 2.24) is 9.80 Å². The van der Waals surface area contributed by atoms with E-state index in [0.717, 1.165) is 0 Å².